The first-order valence-corrected chi connectivity index (χ1v) is 4.24. The van der Waals surface area contributed by atoms with Crippen LogP contribution in [0.15, 0.2) is 0 Å². The number of carboxylic acids is 1. The van der Waals surface area contributed by atoms with E-state index in [-0.39, 0.29) is 0 Å². The van der Waals surface area contributed by atoms with Crippen LogP contribution in [0.3, 0.4) is 0 Å². The summed E-state index contributed by atoms with van der Waals surface area (Å²) in [7, 11) is 5.10. The molecule has 0 amide bonds. The maximum Gasteiger partial charge on any atom is 0.321 e. The van der Waals surface area contributed by atoms with Crippen molar-refractivity contribution in [2.75, 3.05) is 21.2 Å². The van der Waals surface area contributed by atoms with E-state index in [1.54, 1.807) is 26.1 Å². The fourth-order valence-corrected chi connectivity index (χ4v) is 1.04. The smallest absolute Gasteiger partial charge is 0.321 e. The Hall–Kier alpha value is -0.610. The van der Waals surface area contributed by atoms with Gasteiger partial charge < -0.3 is 9.84 Å². The van der Waals surface area contributed by atoms with E-state index in [0.29, 0.717) is 6.42 Å². The van der Waals surface area contributed by atoms with Crippen LogP contribution in [0.2, 0.25) is 0 Å². The summed E-state index contributed by atoms with van der Waals surface area (Å²) in [6.07, 6.45) is 0.478. The molecule has 0 fully saturated rings. The van der Waals surface area contributed by atoms with Gasteiger partial charge in [-0.05, 0) is 27.9 Å². The largest absolute Gasteiger partial charge is 0.480 e. The fourth-order valence-electron chi connectivity index (χ4n) is 1.04. The van der Waals surface area contributed by atoms with Crippen molar-refractivity contribution in [2.45, 2.75) is 31.9 Å². The Morgan fingerprint density at radius 3 is 2.23 bits per heavy atom. The number of likely N-dealkylation sites (N-methyl/N-ethyl adjacent to an activating group) is 1. The van der Waals surface area contributed by atoms with Gasteiger partial charge in [-0.2, -0.15) is 0 Å². The third-order valence-electron chi connectivity index (χ3n) is 2.15. The fraction of sp³-hybridized carbons (Fsp3) is 0.889. The van der Waals surface area contributed by atoms with E-state index in [0.717, 1.165) is 0 Å². The average molecular weight is 189 g/mol. The molecule has 0 saturated carbocycles. The third-order valence-corrected chi connectivity index (χ3v) is 2.15. The number of carboxylic acid groups (broad SMARTS) is 1. The average Bonchev–Trinajstić information content (AvgIpc) is 1.99. The molecule has 78 valence electrons. The number of carbonyl (C=O) groups is 1. The molecular weight excluding hydrogens is 170 g/mol. The minimum atomic E-state index is -0.810. The second-order valence-electron chi connectivity index (χ2n) is 3.99. The third kappa shape index (κ3) is 4.24. The lowest BCUT2D eigenvalue weighted by atomic mass is 9.98. The Labute approximate surface area is 79.5 Å². The highest BCUT2D eigenvalue weighted by molar-refractivity contribution is 5.73. The van der Waals surface area contributed by atoms with Crippen molar-refractivity contribution >= 4 is 5.97 Å². The molecule has 1 N–H and O–H groups in total. The van der Waals surface area contributed by atoms with Crippen LogP contribution in [0.5, 0.6) is 0 Å². The molecule has 0 rings (SSSR count). The molecule has 1 atom stereocenters. The molecule has 4 heteroatoms. The zero-order valence-electron chi connectivity index (χ0n) is 9.00. The number of hydrogen-bond acceptors (Lipinski definition) is 3. The van der Waals surface area contributed by atoms with Crippen molar-refractivity contribution in [2.24, 2.45) is 0 Å². The van der Waals surface area contributed by atoms with E-state index >= 15 is 0 Å². The summed E-state index contributed by atoms with van der Waals surface area (Å²) in [6.45, 7) is 3.76. The molecule has 0 aromatic rings. The van der Waals surface area contributed by atoms with Gasteiger partial charge in [0.25, 0.3) is 0 Å². The molecule has 0 aromatic heterocycles. The van der Waals surface area contributed by atoms with Crippen molar-refractivity contribution in [1.29, 1.82) is 0 Å². The highest BCUT2D eigenvalue weighted by atomic mass is 16.5. The summed E-state index contributed by atoms with van der Waals surface area (Å²) in [5.41, 5.74) is -0.396. The van der Waals surface area contributed by atoms with E-state index in [4.69, 9.17) is 9.84 Å². The predicted octanol–water partition coefficient (Wildman–Crippen LogP) is 0.816. The highest BCUT2D eigenvalue weighted by Crippen LogP contribution is 2.17. The minimum Gasteiger partial charge on any atom is -0.480 e. The zero-order chi connectivity index (χ0) is 10.6. The summed E-state index contributed by atoms with van der Waals surface area (Å²) in [4.78, 5) is 12.5. The molecule has 0 saturated heterocycles. The summed E-state index contributed by atoms with van der Waals surface area (Å²) < 4.78 is 5.18. The molecular formula is C9H19NO3. The Bertz CT molecular complexity index is 178. The number of nitrogens with zero attached hydrogens (tertiary/aromatic N) is 1. The van der Waals surface area contributed by atoms with E-state index in [9.17, 15) is 4.79 Å². The van der Waals surface area contributed by atoms with Crippen LogP contribution in [0, 0.1) is 0 Å². The lowest BCUT2D eigenvalue weighted by Gasteiger charge is -2.29. The van der Waals surface area contributed by atoms with Gasteiger partial charge in [-0.3, -0.25) is 9.69 Å². The summed E-state index contributed by atoms with van der Waals surface area (Å²) >= 11 is 0. The van der Waals surface area contributed by atoms with Crippen molar-refractivity contribution in [3.05, 3.63) is 0 Å². The molecule has 0 aliphatic heterocycles. The first kappa shape index (κ1) is 12.4. The maximum absolute atomic E-state index is 10.8. The molecule has 13 heavy (non-hydrogen) atoms. The Morgan fingerprint density at radius 2 is 2.00 bits per heavy atom. The number of ether oxygens (including phenoxy) is 1. The second-order valence-corrected chi connectivity index (χ2v) is 3.99. The minimum absolute atomic E-state index is 0.396. The maximum atomic E-state index is 10.8. The number of aliphatic carboxylic acids is 1. The van der Waals surface area contributed by atoms with Gasteiger partial charge >= 0.3 is 5.97 Å². The molecule has 0 spiro atoms. The molecule has 0 aliphatic carbocycles. The van der Waals surface area contributed by atoms with Crippen LogP contribution in [-0.4, -0.2) is 48.8 Å². The molecule has 0 bridgehead atoms. The Balaban J connectivity index is 4.35. The van der Waals surface area contributed by atoms with Gasteiger partial charge in [0.1, 0.15) is 6.04 Å². The van der Waals surface area contributed by atoms with Crippen molar-refractivity contribution in [3.63, 3.8) is 0 Å². The van der Waals surface area contributed by atoms with Gasteiger partial charge in [-0.25, -0.2) is 0 Å². The number of hydrogen-bond donors (Lipinski definition) is 1. The molecule has 0 heterocycles. The first-order valence-electron chi connectivity index (χ1n) is 4.24. The van der Waals surface area contributed by atoms with Crippen LogP contribution in [0.4, 0.5) is 0 Å². The quantitative estimate of drug-likeness (QED) is 0.695. The van der Waals surface area contributed by atoms with E-state index in [1.807, 2.05) is 13.8 Å². The van der Waals surface area contributed by atoms with Crippen LogP contribution >= 0.6 is 0 Å². The first-order chi connectivity index (χ1) is 5.80. The molecule has 1 unspecified atom stereocenters. The van der Waals surface area contributed by atoms with E-state index < -0.39 is 17.6 Å². The monoisotopic (exact) mass is 189 g/mol. The van der Waals surface area contributed by atoms with Gasteiger partial charge in [-0.15, -0.1) is 0 Å². The van der Waals surface area contributed by atoms with Gasteiger partial charge in [0.15, 0.2) is 0 Å². The second kappa shape index (κ2) is 4.58. The Morgan fingerprint density at radius 1 is 1.54 bits per heavy atom. The molecule has 0 radical (unpaired) electrons. The van der Waals surface area contributed by atoms with Crippen LogP contribution in [-0.2, 0) is 9.53 Å². The molecule has 4 nitrogen and oxygen atoms in total. The zero-order valence-corrected chi connectivity index (χ0v) is 9.00. The standard InChI is InChI=1S/C9H19NO3/c1-9(2,13-5)6-7(8(11)12)10(3)4/h7H,6H2,1-5H3,(H,11,12). The summed E-state index contributed by atoms with van der Waals surface area (Å²) in [5.74, 6) is -0.810. The SMILES string of the molecule is COC(C)(C)CC(C(=O)O)N(C)C. The van der Waals surface area contributed by atoms with Crippen LogP contribution in [0.1, 0.15) is 20.3 Å². The summed E-state index contributed by atoms with van der Waals surface area (Å²) in [5, 5.41) is 8.91. The topological polar surface area (TPSA) is 49.8 Å². The lowest BCUT2D eigenvalue weighted by molar-refractivity contribution is -0.145. The summed E-state index contributed by atoms with van der Waals surface area (Å²) in [6, 6.07) is -0.491. The Kier molecular flexibility index (Phi) is 4.36. The predicted molar refractivity (Wildman–Crippen MR) is 50.8 cm³/mol. The van der Waals surface area contributed by atoms with Gasteiger partial charge in [0.2, 0.25) is 0 Å². The van der Waals surface area contributed by atoms with E-state index in [1.165, 1.54) is 0 Å². The number of rotatable bonds is 5. The van der Waals surface area contributed by atoms with Crippen molar-refractivity contribution in [1.82, 2.24) is 4.90 Å². The van der Waals surface area contributed by atoms with Crippen LogP contribution < -0.4 is 0 Å². The molecule has 0 aliphatic rings. The van der Waals surface area contributed by atoms with Gasteiger partial charge in [-0.1, -0.05) is 0 Å². The van der Waals surface area contributed by atoms with Gasteiger partial charge in [0, 0.05) is 13.5 Å². The molecule has 0 aromatic carbocycles. The highest BCUT2D eigenvalue weighted by Gasteiger charge is 2.28. The van der Waals surface area contributed by atoms with Crippen molar-refractivity contribution in [3.8, 4) is 0 Å². The lowest BCUT2D eigenvalue weighted by Crippen LogP contribution is -2.42. The van der Waals surface area contributed by atoms with Gasteiger partial charge in [0.05, 0.1) is 5.60 Å². The normalized spacial score (nSPS) is 14.6. The van der Waals surface area contributed by atoms with Crippen molar-refractivity contribution < 1.29 is 14.6 Å². The van der Waals surface area contributed by atoms with E-state index in [2.05, 4.69) is 0 Å². The van der Waals surface area contributed by atoms with Crippen LogP contribution in [0.25, 0.3) is 0 Å². The number of methoxy groups -OCH3 is 1.